The van der Waals surface area contributed by atoms with Crippen LogP contribution in [0.2, 0.25) is 0 Å². The molecule has 12 heteroatoms. The van der Waals surface area contributed by atoms with Gasteiger partial charge in [0.05, 0.1) is 13.2 Å². The molecule has 0 aliphatic heterocycles. The van der Waals surface area contributed by atoms with E-state index >= 15 is 0 Å². The Morgan fingerprint density at radius 3 is 1.38 bits per heavy atom. The van der Waals surface area contributed by atoms with E-state index in [1.54, 1.807) is 0 Å². The minimum absolute atomic E-state index is 0.127. The second-order valence-electron chi connectivity index (χ2n) is 15.9. The van der Waals surface area contributed by atoms with Crippen molar-refractivity contribution in [3.63, 3.8) is 0 Å². The Balaban J connectivity index is 3.92. The first-order valence-corrected chi connectivity index (χ1v) is 25.6. The van der Waals surface area contributed by atoms with Gasteiger partial charge in [0, 0.05) is 12.8 Å². The lowest BCUT2D eigenvalue weighted by Crippen LogP contribution is -2.43. The molecule has 0 rings (SSSR count). The molecule has 63 heavy (non-hydrogen) atoms. The van der Waals surface area contributed by atoms with Crippen molar-refractivity contribution in [1.82, 2.24) is 5.32 Å². The van der Waals surface area contributed by atoms with Gasteiger partial charge in [-0.3, -0.25) is 18.6 Å². The highest BCUT2D eigenvalue weighted by Gasteiger charge is 2.28. The number of ether oxygens (including phenoxy) is 1. The van der Waals surface area contributed by atoms with Crippen LogP contribution in [0.15, 0.2) is 85.1 Å². The fourth-order valence-electron chi connectivity index (χ4n) is 6.19. The van der Waals surface area contributed by atoms with E-state index in [-0.39, 0.29) is 12.8 Å². The van der Waals surface area contributed by atoms with Gasteiger partial charge < -0.3 is 25.2 Å². The SMILES string of the molecule is CC/C=C\C/C=C\C/C=C\C/C=C\C/C=C\CCCCCCCCCC(=O)NC(COP(=O)(O)OCC(O)COC(=O)CCCCCCC/C=C\C/C=C\CCCCCC)C(=O)O. The zero-order chi connectivity index (χ0) is 46.3. The first-order chi connectivity index (χ1) is 30.6. The Bertz CT molecular complexity index is 1390. The number of carbonyl (C=O) groups excluding carboxylic acids is 2. The topological polar surface area (TPSA) is 169 Å². The molecule has 0 fully saturated rings. The lowest BCUT2D eigenvalue weighted by molar-refractivity contribution is -0.147. The molecule has 0 aliphatic carbocycles. The van der Waals surface area contributed by atoms with Crippen molar-refractivity contribution in [2.45, 2.75) is 199 Å². The highest BCUT2D eigenvalue weighted by atomic mass is 31.2. The molecule has 3 unspecified atom stereocenters. The number of aliphatic hydroxyl groups excluding tert-OH is 1. The van der Waals surface area contributed by atoms with E-state index in [1.807, 2.05) is 0 Å². The molecule has 360 valence electrons. The molecule has 0 aromatic heterocycles. The van der Waals surface area contributed by atoms with Crippen LogP contribution in [0.25, 0.3) is 0 Å². The van der Waals surface area contributed by atoms with Crippen LogP contribution in [0.5, 0.6) is 0 Å². The van der Waals surface area contributed by atoms with E-state index in [0.29, 0.717) is 12.8 Å². The van der Waals surface area contributed by atoms with Gasteiger partial charge in [-0.1, -0.05) is 170 Å². The third-order valence-corrected chi connectivity index (χ3v) is 10.9. The van der Waals surface area contributed by atoms with Gasteiger partial charge in [-0.2, -0.15) is 0 Å². The summed E-state index contributed by atoms with van der Waals surface area (Å²) in [6.45, 7) is 2.44. The summed E-state index contributed by atoms with van der Waals surface area (Å²) in [6, 6.07) is -1.56. The number of phosphoric acid groups is 1. The monoisotopic (exact) mass is 904 g/mol. The van der Waals surface area contributed by atoms with Crippen molar-refractivity contribution < 1.29 is 47.8 Å². The maximum Gasteiger partial charge on any atom is 0.472 e. The Morgan fingerprint density at radius 1 is 0.524 bits per heavy atom. The van der Waals surface area contributed by atoms with Gasteiger partial charge in [0.25, 0.3) is 0 Å². The summed E-state index contributed by atoms with van der Waals surface area (Å²) >= 11 is 0. The fraction of sp³-hybridized carbons (Fsp3) is 0.667. The number of rotatable bonds is 44. The van der Waals surface area contributed by atoms with Gasteiger partial charge in [0.15, 0.2) is 6.04 Å². The number of esters is 1. The molecular weight excluding hydrogens is 818 g/mol. The molecule has 3 atom stereocenters. The summed E-state index contributed by atoms with van der Waals surface area (Å²) in [5.41, 5.74) is 0. The summed E-state index contributed by atoms with van der Waals surface area (Å²) in [4.78, 5) is 46.1. The minimum Gasteiger partial charge on any atom is -0.480 e. The van der Waals surface area contributed by atoms with E-state index in [0.717, 1.165) is 122 Å². The summed E-state index contributed by atoms with van der Waals surface area (Å²) in [6.07, 6.45) is 56.0. The summed E-state index contributed by atoms with van der Waals surface area (Å²) < 4.78 is 26.9. The third-order valence-electron chi connectivity index (χ3n) is 9.92. The summed E-state index contributed by atoms with van der Waals surface area (Å²) in [7, 11) is -4.77. The van der Waals surface area contributed by atoms with Crippen LogP contribution in [0, 0.1) is 0 Å². The second-order valence-corrected chi connectivity index (χ2v) is 17.4. The van der Waals surface area contributed by atoms with Crippen LogP contribution in [-0.2, 0) is 32.7 Å². The average Bonchev–Trinajstić information content (AvgIpc) is 3.26. The third kappa shape index (κ3) is 45.0. The quantitative estimate of drug-likeness (QED) is 0.0200. The molecule has 0 radical (unpaired) electrons. The van der Waals surface area contributed by atoms with Gasteiger partial charge in [-0.25, -0.2) is 9.36 Å². The van der Waals surface area contributed by atoms with Crippen LogP contribution >= 0.6 is 7.82 Å². The largest absolute Gasteiger partial charge is 0.480 e. The van der Waals surface area contributed by atoms with Crippen LogP contribution in [0.4, 0.5) is 0 Å². The molecule has 4 N–H and O–H groups in total. The minimum atomic E-state index is -4.77. The van der Waals surface area contributed by atoms with Gasteiger partial charge in [0.2, 0.25) is 5.91 Å². The van der Waals surface area contributed by atoms with Crippen molar-refractivity contribution in [3.8, 4) is 0 Å². The van der Waals surface area contributed by atoms with Gasteiger partial charge in [-0.05, 0) is 89.9 Å². The molecule has 0 saturated carbocycles. The van der Waals surface area contributed by atoms with Crippen LogP contribution in [0.1, 0.15) is 187 Å². The Morgan fingerprint density at radius 2 is 0.921 bits per heavy atom. The van der Waals surface area contributed by atoms with Gasteiger partial charge in [-0.15, -0.1) is 0 Å². The lowest BCUT2D eigenvalue weighted by Gasteiger charge is -2.18. The van der Waals surface area contributed by atoms with Crippen LogP contribution in [0.3, 0.4) is 0 Å². The van der Waals surface area contributed by atoms with E-state index in [1.165, 1.54) is 25.7 Å². The average molecular weight is 904 g/mol. The van der Waals surface area contributed by atoms with Crippen molar-refractivity contribution in [3.05, 3.63) is 85.1 Å². The first-order valence-electron chi connectivity index (χ1n) is 24.1. The number of allylic oxidation sites excluding steroid dienone is 14. The van der Waals surface area contributed by atoms with Crippen molar-refractivity contribution in [2.75, 3.05) is 19.8 Å². The number of amides is 1. The zero-order valence-electron chi connectivity index (χ0n) is 39.1. The van der Waals surface area contributed by atoms with Crippen LogP contribution < -0.4 is 5.32 Å². The highest BCUT2D eigenvalue weighted by Crippen LogP contribution is 2.43. The molecule has 0 spiro atoms. The zero-order valence-corrected chi connectivity index (χ0v) is 40.0. The number of phosphoric ester groups is 1. The highest BCUT2D eigenvalue weighted by molar-refractivity contribution is 7.47. The lowest BCUT2D eigenvalue weighted by atomic mass is 10.1. The van der Waals surface area contributed by atoms with E-state index in [9.17, 15) is 34.1 Å². The molecule has 0 bridgehead atoms. The van der Waals surface area contributed by atoms with Crippen molar-refractivity contribution in [1.29, 1.82) is 0 Å². The van der Waals surface area contributed by atoms with E-state index in [2.05, 4.69) is 104 Å². The normalized spacial score (nSPS) is 14.3. The Hall–Kier alpha value is -3.34. The van der Waals surface area contributed by atoms with Crippen LogP contribution in [-0.4, -0.2) is 64.9 Å². The number of aliphatic carboxylic acids is 1. The van der Waals surface area contributed by atoms with Gasteiger partial charge >= 0.3 is 19.8 Å². The fourth-order valence-corrected chi connectivity index (χ4v) is 6.97. The van der Waals surface area contributed by atoms with E-state index in [4.69, 9.17) is 13.8 Å². The molecule has 1 amide bonds. The first kappa shape index (κ1) is 59.7. The summed E-state index contributed by atoms with van der Waals surface area (Å²) in [5, 5.41) is 21.9. The smallest absolute Gasteiger partial charge is 0.472 e. The molecule has 11 nitrogen and oxygen atoms in total. The Labute approximate surface area is 381 Å². The molecular formula is C51H86NO10P. The maximum absolute atomic E-state index is 12.4. The number of unbranched alkanes of at least 4 members (excludes halogenated alkanes) is 16. The summed E-state index contributed by atoms with van der Waals surface area (Å²) in [5.74, 6) is -2.41. The molecule has 0 aromatic carbocycles. The van der Waals surface area contributed by atoms with E-state index < -0.39 is 57.6 Å². The van der Waals surface area contributed by atoms with Gasteiger partial charge in [0.1, 0.15) is 12.7 Å². The number of hydrogen-bond acceptors (Lipinski definition) is 8. The number of carbonyl (C=O) groups is 3. The molecule has 0 saturated heterocycles. The standard InChI is InChI=1S/C51H86NO10P/c1-3-5-7-9-11-13-15-17-19-21-22-23-24-25-26-27-28-30-32-34-36-38-40-42-49(54)52-48(51(56)57)46-62-63(58,59)61-45-47(53)44-60-50(55)43-41-39-37-35-33-31-29-20-18-16-14-12-10-8-6-4-2/h5,7,11,13-14,16-17,19-20,22-23,25-26,29,47-48,53H,3-4,6,8-10,12,15,18,21,24,27-28,30-46H2,1-2H3,(H,52,54)(H,56,57)(H,58,59)/b7-5-,13-11-,16-14-,19-17-,23-22-,26-25-,29-20-. The number of hydrogen-bond donors (Lipinski definition) is 4. The predicted octanol–water partition coefficient (Wildman–Crippen LogP) is 13.1. The van der Waals surface area contributed by atoms with Crippen molar-refractivity contribution in [2.24, 2.45) is 0 Å². The Kier molecular flexibility index (Phi) is 42.8. The predicted molar refractivity (Wildman–Crippen MR) is 258 cm³/mol. The number of nitrogens with one attached hydrogen (secondary N) is 1. The molecule has 0 heterocycles. The number of carboxylic acid groups (broad SMARTS) is 1. The second kappa shape index (κ2) is 45.2. The number of aliphatic hydroxyl groups is 1. The molecule has 0 aromatic rings. The maximum atomic E-state index is 12.4. The number of carboxylic acids is 1. The van der Waals surface area contributed by atoms with Crippen molar-refractivity contribution >= 4 is 25.7 Å². The molecule has 0 aliphatic rings.